The number of hydrogen-bond donors (Lipinski definition) is 0. The highest BCUT2D eigenvalue weighted by molar-refractivity contribution is 8.22. The summed E-state index contributed by atoms with van der Waals surface area (Å²) in [6, 6.07) is 0. The summed E-state index contributed by atoms with van der Waals surface area (Å²) in [4.78, 5) is 23.6. The Morgan fingerprint density at radius 3 is 1.85 bits per heavy atom. The van der Waals surface area contributed by atoms with Gasteiger partial charge in [-0.3, -0.25) is 9.59 Å². The number of rotatable bonds is 6. The minimum Gasteiger partial charge on any atom is -0.462 e. The van der Waals surface area contributed by atoms with Gasteiger partial charge in [0.05, 0.1) is 9.61 Å². The monoisotopic (exact) mass is 320 g/mol. The Hall–Kier alpha value is -0.620. The van der Waals surface area contributed by atoms with Gasteiger partial charge in [-0.2, -0.15) is 0 Å². The molecule has 0 amide bonds. The van der Waals surface area contributed by atoms with Crippen LogP contribution in [0.25, 0.3) is 0 Å². The second-order valence-electron chi connectivity index (χ2n) is 5.70. The summed E-state index contributed by atoms with van der Waals surface area (Å²) in [5.74, 6) is -0.683. The van der Waals surface area contributed by atoms with Crippen LogP contribution >= 0.6 is 24.0 Å². The van der Waals surface area contributed by atoms with Crippen molar-refractivity contribution in [3.05, 3.63) is 0 Å². The van der Waals surface area contributed by atoms with Crippen LogP contribution in [0.15, 0.2) is 0 Å². The van der Waals surface area contributed by atoms with E-state index in [-0.39, 0.29) is 25.2 Å². The standard InChI is InChI=1S/C14H24O4S2/c1-7-14(5,12(19)20-6)11(16)18-9-8-17-10(15)13(2,3)4/h7-9H2,1-6H3. The molecule has 6 heteroatoms. The minimum atomic E-state index is -0.775. The van der Waals surface area contributed by atoms with Gasteiger partial charge >= 0.3 is 11.9 Å². The molecule has 0 spiro atoms. The maximum atomic E-state index is 12.1. The van der Waals surface area contributed by atoms with Gasteiger partial charge in [0.25, 0.3) is 0 Å². The Morgan fingerprint density at radius 2 is 1.50 bits per heavy atom. The zero-order valence-corrected chi connectivity index (χ0v) is 14.7. The third kappa shape index (κ3) is 5.40. The minimum absolute atomic E-state index is 0.0488. The second-order valence-corrected chi connectivity index (χ2v) is 7.18. The molecule has 0 fully saturated rings. The van der Waals surface area contributed by atoms with Crippen molar-refractivity contribution in [1.29, 1.82) is 0 Å². The molecule has 1 atom stereocenters. The summed E-state index contributed by atoms with van der Waals surface area (Å²) < 4.78 is 10.8. The molecule has 0 saturated carbocycles. The van der Waals surface area contributed by atoms with E-state index < -0.39 is 10.8 Å². The molecule has 0 aromatic carbocycles. The average molecular weight is 320 g/mol. The predicted molar refractivity (Wildman–Crippen MR) is 85.9 cm³/mol. The molecular weight excluding hydrogens is 296 g/mol. The summed E-state index contributed by atoms with van der Waals surface area (Å²) in [6.45, 7) is 9.09. The van der Waals surface area contributed by atoms with Crippen LogP contribution in [0.2, 0.25) is 0 Å². The molecule has 0 saturated heterocycles. The van der Waals surface area contributed by atoms with Gasteiger partial charge < -0.3 is 9.47 Å². The van der Waals surface area contributed by atoms with E-state index in [1.807, 2.05) is 13.2 Å². The lowest BCUT2D eigenvalue weighted by Gasteiger charge is -2.25. The Balaban J connectivity index is 4.30. The number of thioether (sulfide) groups is 1. The molecule has 20 heavy (non-hydrogen) atoms. The Morgan fingerprint density at radius 1 is 1.05 bits per heavy atom. The average Bonchev–Trinajstić information content (AvgIpc) is 2.39. The molecule has 0 N–H and O–H groups in total. The molecule has 0 aliphatic rings. The van der Waals surface area contributed by atoms with Gasteiger partial charge in [0, 0.05) is 0 Å². The zero-order chi connectivity index (χ0) is 16.0. The molecule has 4 nitrogen and oxygen atoms in total. The van der Waals surface area contributed by atoms with E-state index in [0.29, 0.717) is 10.6 Å². The van der Waals surface area contributed by atoms with Gasteiger partial charge in [-0.05, 0) is 40.4 Å². The van der Waals surface area contributed by atoms with E-state index in [0.717, 1.165) is 0 Å². The van der Waals surface area contributed by atoms with Crippen molar-refractivity contribution in [3.63, 3.8) is 0 Å². The number of thiocarbonyl (C=S) groups is 1. The molecule has 0 aromatic heterocycles. The highest BCUT2D eigenvalue weighted by Crippen LogP contribution is 2.30. The number of ether oxygens (including phenoxy) is 2. The highest BCUT2D eigenvalue weighted by Gasteiger charge is 2.37. The topological polar surface area (TPSA) is 52.6 Å². The van der Waals surface area contributed by atoms with Crippen molar-refractivity contribution in [2.75, 3.05) is 19.5 Å². The molecule has 0 bridgehead atoms. The van der Waals surface area contributed by atoms with E-state index >= 15 is 0 Å². The maximum absolute atomic E-state index is 12.1. The molecular formula is C14H24O4S2. The first-order valence-corrected chi connectivity index (χ1v) is 8.15. The van der Waals surface area contributed by atoms with E-state index in [1.54, 1.807) is 27.7 Å². The molecule has 0 aliphatic heterocycles. The lowest BCUT2D eigenvalue weighted by atomic mass is 9.90. The van der Waals surface area contributed by atoms with Crippen molar-refractivity contribution in [2.24, 2.45) is 10.8 Å². The van der Waals surface area contributed by atoms with Crippen LogP contribution in [0.4, 0.5) is 0 Å². The third-order valence-corrected chi connectivity index (χ3v) is 4.73. The van der Waals surface area contributed by atoms with Crippen LogP contribution in [0.3, 0.4) is 0 Å². The number of carbonyl (C=O) groups is 2. The van der Waals surface area contributed by atoms with Gasteiger partial charge in [-0.1, -0.05) is 19.1 Å². The SMILES string of the molecule is CCC(C)(C(=O)OCCOC(=O)C(C)(C)C)C(=S)SC. The number of esters is 2. The lowest BCUT2D eigenvalue weighted by Crippen LogP contribution is -2.35. The summed E-state index contributed by atoms with van der Waals surface area (Å²) >= 11 is 6.59. The molecule has 0 aliphatic carbocycles. The van der Waals surface area contributed by atoms with E-state index in [2.05, 4.69) is 0 Å². The number of carbonyl (C=O) groups excluding carboxylic acids is 2. The van der Waals surface area contributed by atoms with Crippen LogP contribution < -0.4 is 0 Å². The van der Waals surface area contributed by atoms with E-state index in [1.165, 1.54) is 11.8 Å². The van der Waals surface area contributed by atoms with Crippen LogP contribution in [-0.2, 0) is 19.1 Å². The first-order valence-electron chi connectivity index (χ1n) is 6.52. The van der Waals surface area contributed by atoms with Gasteiger partial charge in [-0.25, -0.2) is 0 Å². The van der Waals surface area contributed by atoms with Crippen LogP contribution in [0.5, 0.6) is 0 Å². The summed E-state index contributed by atoms with van der Waals surface area (Å²) in [5.41, 5.74) is -1.33. The van der Waals surface area contributed by atoms with Crippen LogP contribution in [0.1, 0.15) is 41.0 Å². The molecule has 1 unspecified atom stereocenters. The Bertz CT molecular complexity index is 374. The number of hydrogen-bond acceptors (Lipinski definition) is 6. The fourth-order valence-corrected chi connectivity index (χ4v) is 2.15. The van der Waals surface area contributed by atoms with E-state index in [9.17, 15) is 9.59 Å². The fraction of sp³-hybridized carbons (Fsp3) is 0.786. The van der Waals surface area contributed by atoms with E-state index in [4.69, 9.17) is 21.7 Å². The lowest BCUT2D eigenvalue weighted by molar-refractivity contribution is -0.160. The molecule has 0 rings (SSSR count). The zero-order valence-electron chi connectivity index (χ0n) is 13.1. The Labute approximate surface area is 131 Å². The largest absolute Gasteiger partial charge is 0.462 e. The van der Waals surface area contributed by atoms with Crippen molar-refractivity contribution in [3.8, 4) is 0 Å². The summed E-state index contributed by atoms with van der Waals surface area (Å²) in [7, 11) is 0. The third-order valence-electron chi connectivity index (χ3n) is 2.96. The maximum Gasteiger partial charge on any atom is 0.317 e. The van der Waals surface area contributed by atoms with Gasteiger partial charge in [0.15, 0.2) is 0 Å². The first-order chi connectivity index (χ1) is 9.09. The van der Waals surface area contributed by atoms with Crippen molar-refractivity contribution in [2.45, 2.75) is 41.0 Å². The quantitative estimate of drug-likeness (QED) is 0.425. The van der Waals surface area contributed by atoms with Crippen molar-refractivity contribution >= 4 is 40.1 Å². The van der Waals surface area contributed by atoms with Crippen molar-refractivity contribution in [1.82, 2.24) is 0 Å². The molecule has 116 valence electrons. The summed E-state index contributed by atoms with van der Waals surface area (Å²) in [5, 5.41) is 0. The second kappa shape index (κ2) is 7.98. The smallest absolute Gasteiger partial charge is 0.317 e. The molecule has 0 heterocycles. The van der Waals surface area contributed by atoms with Crippen LogP contribution in [-0.4, -0.2) is 35.6 Å². The van der Waals surface area contributed by atoms with Crippen molar-refractivity contribution < 1.29 is 19.1 Å². The van der Waals surface area contributed by atoms with Crippen LogP contribution in [0, 0.1) is 10.8 Å². The highest BCUT2D eigenvalue weighted by atomic mass is 32.2. The Kier molecular flexibility index (Phi) is 7.73. The van der Waals surface area contributed by atoms with Gasteiger partial charge in [-0.15, -0.1) is 11.8 Å². The van der Waals surface area contributed by atoms with Gasteiger partial charge in [0.1, 0.15) is 18.6 Å². The fourth-order valence-electron chi connectivity index (χ4n) is 1.24. The normalized spacial score (nSPS) is 14.3. The predicted octanol–water partition coefficient (Wildman–Crippen LogP) is 3.23. The first kappa shape index (κ1) is 19.4. The summed E-state index contributed by atoms with van der Waals surface area (Å²) in [6.07, 6.45) is 2.42. The van der Waals surface area contributed by atoms with Gasteiger partial charge in [0.2, 0.25) is 0 Å². The molecule has 0 aromatic rings. The molecule has 0 radical (unpaired) electrons.